The SMILES string of the molecule is CCNc1nccn1-c1ccc(Br)cc1CC. The largest absolute Gasteiger partial charge is 0.356 e. The van der Waals surface area contributed by atoms with Gasteiger partial charge in [0.1, 0.15) is 0 Å². The van der Waals surface area contributed by atoms with Gasteiger partial charge in [0.15, 0.2) is 0 Å². The van der Waals surface area contributed by atoms with Gasteiger partial charge in [0.25, 0.3) is 0 Å². The number of nitrogens with one attached hydrogen (secondary N) is 1. The van der Waals surface area contributed by atoms with Crippen LogP contribution in [-0.4, -0.2) is 16.1 Å². The van der Waals surface area contributed by atoms with Gasteiger partial charge in [-0.2, -0.15) is 0 Å². The molecular formula is C13H16BrN3. The van der Waals surface area contributed by atoms with Crippen molar-refractivity contribution < 1.29 is 0 Å². The Balaban J connectivity index is 2.48. The van der Waals surface area contributed by atoms with E-state index in [1.165, 1.54) is 11.3 Å². The fourth-order valence-corrected chi connectivity index (χ4v) is 2.27. The quantitative estimate of drug-likeness (QED) is 0.933. The summed E-state index contributed by atoms with van der Waals surface area (Å²) in [4.78, 5) is 4.32. The van der Waals surface area contributed by atoms with Crippen LogP contribution in [0.5, 0.6) is 0 Å². The number of aromatic nitrogens is 2. The van der Waals surface area contributed by atoms with Crippen LogP contribution in [0.15, 0.2) is 35.1 Å². The minimum Gasteiger partial charge on any atom is -0.356 e. The number of imidazole rings is 1. The second-order valence-electron chi connectivity index (χ2n) is 3.78. The number of benzene rings is 1. The van der Waals surface area contributed by atoms with Crippen molar-refractivity contribution >= 4 is 21.9 Å². The third kappa shape index (κ3) is 2.52. The number of anilines is 1. The number of nitrogens with zero attached hydrogens (tertiary/aromatic N) is 2. The Hall–Kier alpha value is -1.29. The van der Waals surface area contributed by atoms with Gasteiger partial charge < -0.3 is 5.32 Å². The molecule has 4 heteroatoms. The summed E-state index contributed by atoms with van der Waals surface area (Å²) >= 11 is 3.51. The predicted octanol–water partition coefficient (Wildman–Crippen LogP) is 3.63. The fourth-order valence-electron chi connectivity index (χ4n) is 1.86. The summed E-state index contributed by atoms with van der Waals surface area (Å²) in [5.74, 6) is 0.893. The molecule has 0 radical (unpaired) electrons. The summed E-state index contributed by atoms with van der Waals surface area (Å²) in [6.07, 6.45) is 4.80. The van der Waals surface area contributed by atoms with Gasteiger partial charge in [-0.05, 0) is 37.1 Å². The van der Waals surface area contributed by atoms with Gasteiger partial charge >= 0.3 is 0 Å². The molecule has 0 amide bonds. The van der Waals surface area contributed by atoms with E-state index in [9.17, 15) is 0 Å². The van der Waals surface area contributed by atoms with Gasteiger partial charge in [-0.25, -0.2) is 4.98 Å². The summed E-state index contributed by atoms with van der Waals surface area (Å²) in [5, 5.41) is 3.26. The van der Waals surface area contributed by atoms with E-state index in [1.54, 1.807) is 0 Å². The maximum absolute atomic E-state index is 4.32. The second kappa shape index (κ2) is 5.36. The maximum atomic E-state index is 4.32. The molecule has 0 fully saturated rings. The highest BCUT2D eigenvalue weighted by Gasteiger charge is 2.08. The Kier molecular flexibility index (Phi) is 3.84. The number of hydrogen-bond donors (Lipinski definition) is 1. The molecule has 2 aromatic rings. The van der Waals surface area contributed by atoms with Gasteiger partial charge in [0.05, 0.1) is 5.69 Å². The number of hydrogen-bond acceptors (Lipinski definition) is 2. The highest BCUT2D eigenvalue weighted by Crippen LogP contribution is 2.23. The third-order valence-electron chi connectivity index (χ3n) is 2.66. The van der Waals surface area contributed by atoms with Crippen LogP contribution in [0, 0.1) is 0 Å². The van der Waals surface area contributed by atoms with Crippen molar-refractivity contribution in [3.8, 4) is 5.69 Å². The van der Waals surface area contributed by atoms with E-state index in [1.807, 2.05) is 12.4 Å². The van der Waals surface area contributed by atoms with E-state index in [0.717, 1.165) is 23.4 Å². The summed E-state index contributed by atoms with van der Waals surface area (Å²) in [6, 6.07) is 6.33. The monoisotopic (exact) mass is 293 g/mol. The van der Waals surface area contributed by atoms with Crippen molar-refractivity contribution in [2.45, 2.75) is 20.3 Å². The van der Waals surface area contributed by atoms with Gasteiger partial charge in [-0.1, -0.05) is 22.9 Å². The molecule has 1 heterocycles. The van der Waals surface area contributed by atoms with Crippen molar-refractivity contribution in [2.75, 3.05) is 11.9 Å². The van der Waals surface area contributed by atoms with Crippen molar-refractivity contribution in [2.24, 2.45) is 0 Å². The minimum absolute atomic E-state index is 0.870. The van der Waals surface area contributed by atoms with E-state index in [-0.39, 0.29) is 0 Å². The average molecular weight is 294 g/mol. The topological polar surface area (TPSA) is 29.9 Å². The lowest BCUT2D eigenvalue weighted by Crippen LogP contribution is -2.06. The van der Waals surface area contributed by atoms with Crippen LogP contribution in [0.4, 0.5) is 5.95 Å². The minimum atomic E-state index is 0.870. The highest BCUT2D eigenvalue weighted by molar-refractivity contribution is 9.10. The molecule has 90 valence electrons. The van der Waals surface area contributed by atoms with Crippen molar-refractivity contribution in [1.82, 2.24) is 9.55 Å². The van der Waals surface area contributed by atoms with Gasteiger partial charge in [0.2, 0.25) is 5.95 Å². The lowest BCUT2D eigenvalue weighted by molar-refractivity contribution is 0.986. The van der Waals surface area contributed by atoms with Gasteiger partial charge in [-0.3, -0.25) is 4.57 Å². The normalized spacial score (nSPS) is 10.5. The maximum Gasteiger partial charge on any atom is 0.207 e. The van der Waals surface area contributed by atoms with E-state index in [0.29, 0.717) is 0 Å². The summed E-state index contributed by atoms with van der Waals surface area (Å²) in [6.45, 7) is 5.10. The first-order chi connectivity index (χ1) is 8.26. The predicted molar refractivity (Wildman–Crippen MR) is 74.8 cm³/mol. The Bertz CT molecular complexity index is 505. The molecule has 17 heavy (non-hydrogen) atoms. The molecule has 0 unspecified atom stereocenters. The molecule has 0 aliphatic heterocycles. The smallest absolute Gasteiger partial charge is 0.207 e. The van der Waals surface area contributed by atoms with E-state index >= 15 is 0 Å². The van der Waals surface area contributed by atoms with Gasteiger partial charge in [0, 0.05) is 23.4 Å². The first kappa shape index (κ1) is 12.2. The van der Waals surface area contributed by atoms with Crippen LogP contribution in [0.25, 0.3) is 5.69 Å². The highest BCUT2D eigenvalue weighted by atomic mass is 79.9. The van der Waals surface area contributed by atoms with Crippen molar-refractivity contribution in [3.05, 3.63) is 40.6 Å². The van der Waals surface area contributed by atoms with Crippen LogP contribution in [-0.2, 0) is 6.42 Å². The standard InChI is InChI=1S/C13H16BrN3/c1-3-10-9-11(14)5-6-12(10)17-8-7-16-13(17)15-4-2/h5-9H,3-4H2,1-2H3,(H,15,16). The molecule has 1 aromatic heterocycles. The zero-order valence-corrected chi connectivity index (χ0v) is 11.7. The molecule has 0 spiro atoms. The fraction of sp³-hybridized carbons (Fsp3) is 0.308. The summed E-state index contributed by atoms with van der Waals surface area (Å²) < 4.78 is 3.21. The van der Waals surface area contributed by atoms with E-state index in [4.69, 9.17) is 0 Å². The van der Waals surface area contributed by atoms with Crippen molar-refractivity contribution in [1.29, 1.82) is 0 Å². The average Bonchev–Trinajstić information content (AvgIpc) is 2.77. The number of aryl methyl sites for hydroxylation is 1. The molecule has 1 N–H and O–H groups in total. The molecular weight excluding hydrogens is 278 g/mol. The Morgan fingerprint density at radius 1 is 1.35 bits per heavy atom. The van der Waals surface area contributed by atoms with Crippen LogP contribution in [0.1, 0.15) is 19.4 Å². The Labute approximate surface area is 110 Å². The van der Waals surface area contributed by atoms with E-state index in [2.05, 4.69) is 62.8 Å². The Morgan fingerprint density at radius 2 is 2.18 bits per heavy atom. The summed E-state index contributed by atoms with van der Waals surface area (Å²) in [7, 11) is 0. The van der Waals surface area contributed by atoms with Crippen LogP contribution >= 0.6 is 15.9 Å². The molecule has 0 aliphatic rings. The first-order valence-corrected chi connectivity index (χ1v) is 6.61. The third-order valence-corrected chi connectivity index (χ3v) is 3.15. The first-order valence-electron chi connectivity index (χ1n) is 5.82. The molecule has 0 atom stereocenters. The van der Waals surface area contributed by atoms with Crippen LogP contribution in [0.2, 0.25) is 0 Å². The lowest BCUT2D eigenvalue weighted by Gasteiger charge is -2.12. The van der Waals surface area contributed by atoms with Gasteiger partial charge in [-0.15, -0.1) is 0 Å². The lowest BCUT2D eigenvalue weighted by atomic mass is 10.1. The molecule has 0 saturated heterocycles. The van der Waals surface area contributed by atoms with Crippen LogP contribution in [0.3, 0.4) is 0 Å². The Morgan fingerprint density at radius 3 is 2.88 bits per heavy atom. The zero-order chi connectivity index (χ0) is 12.3. The second-order valence-corrected chi connectivity index (χ2v) is 4.69. The molecule has 3 nitrogen and oxygen atoms in total. The number of rotatable bonds is 4. The molecule has 2 rings (SSSR count). The zero-order valence-electron chi connectivity index (χ0n) is 10.1. The van der Waals surface area contributed by atoms with E-state index < -0.39 is 0 Å². The molecule has 0 aliphatic carbocycles. The summed E-state index contributed by atoms with van der Waals surface area (Å²) in [5.41, 5.74) is 2.49. The molecule has 0 bridgehead atoms. The number of halogens is 1. The van der Waals surface area contributed by atoms with Crippen LogP contribution < -0.4 is 5.32 Å². The van der Waals surface area contributed by atoms with Crippen molar-refractivity contribution in [3.63, 3.8) is 0 Å². The molecule has 0 saturated carbocycles. The molecule has 1 aromatic carbocycles.